The lowest BCUT2D eigenvalue weighted by atomic mass is 9.79. The molecule has 5 rings (SSSR count). The minimum absolute atomic E-state index is 0.0814. The van der Waals surface area contributed by atoms with E-state index in [1.165, 1.54) is 44.1 Å². The molecule has 8 heteroatoms. The fraction of sp³-hybridized carbons (Fsp3) is 0.621. The summed E-state index contributed by atoms with van der Waals surface area (Å²) in [5, 5.41) is 8.23. The van der Waals surface area contributed by atoms with Crippen LogP contribution in [0.3, 0.4) is 0 Å². The van der Waals surface area contributed by atoms with E-state index in [-0.39, 0.29) is 5.41 Å². The maximum atomic E-state index is 6.17. The molecule has 2 atom stereocenters. The zero-order chi connectivity index (χ0) is 25.8. The summed E-state index contributed by atoms with van der Waals surface area (Å²) < 4.78 is 0. The topological polar surface area (TPSA) is 56.3 Å². The molecule has 1 aromatic heterocycles. The Labute approximate surface area is 232 Å². The van der Waals surface area contributed by atoms with Crippen LogP contribution in [-0.4, -0.2) is 47.8 Å². The van der Waals surface area contributed by atoms with Crippen molar-refractivity contribution < 1.29 is 0 Å². The SMILES string of the molecule is CC1CC(C)CN(c2cc(N3CCCCC3)nc(NC(=S)NCC3(c4ccc(Cl)cc4)CCCC3)n2)C1. The molecule has 2 unspecified atom stereocenters. The first-order valence-electron chi connectivity index (χ1n) is 14.1. The van der Waals surface area contributed by atoms with Crippen LogP contribution in [0.25, 0.3) is 0 Å². The predicted octanol–water partition coefficient (Wildman–Crippen LogP) is 6.40. The molecule has 2 aliphatic heterocycles. The highest BCUT2D eigenvalue weighted by Gasteiger charge is 2.35. The van der Waals surface area contributed by atoms with Gasteiger partial charge >= 0.3 is 0 Å². The first-order chi connectivity index (χ1) is 17.9. The zero-order valence-corrected chi connectivity index (χ0v) is 23.9. The fourth-order valence-electron chi connectivity index (χ4n) is 6.59. The van der Waals surface area contributed by atoms with Crippen LogP contribution in [0.1, 0.15) is 70.8 Å². The van der Waals surface area contributed by atoms with Gasteiger partial charge in [0.05, 0.1) is 0 Å². The van der Waals surface area contributed by atoms with Gasteiger partial charge in [0.2, 0.25) is 5.95 Å². The molecule has 6 nitrogen and oxygen atoms in total. The van der Waals surface area contributed by atoms with Crippen LogP contribution >= 0.6 is 23.8 Å². The van der Waals surface area contributed by atoms with Gasteiger partial charge in [-0.15, -0.1) is 0 Å². The van der Waals surface area contributed by atoms with Crippen molar-refractivity contribution in [1.29, 1.82) is 0 Å². The summed E-state index contributed by atoms with van der Waals surface area (Å²) in [6.45, 7) is 9.64. The molecule has 0 radical (unpaired) electrons. The standard InChI is InChI=1S/C29H41ClN6S/c1-21-16-22(2)19-36(18-21)26-17-25(35-14-6-3-7-15-35)32-27(33-26)34-28(37)31-20-29(12-4-5-13-29)23-8-10-24(30)11-9-23/h8-11,17,21-22H,3-7,12-16,18-20H2,1-2H3,(H2,31,32,33,34,37). The second-order valence-corrected chi connectivity index (χ2v) is 12.5. The van der Waals surface area contributed by atoms with Crippen molar-refractivity contribution >= 4 is 46.5 Å². The lowest BCUT2D eigenvalue weighted by Crippen LogP contribution is -2.41. The number of halogens is 1. The van der Waals surface area contributed by atoms with Crippen LogP contribution in [0.5, 0.6) is 0 Å². The first-order valence-corrected chi connectivity index (χ1v) is 14.9. The largest absolute Gasteiger partial charge is 0.361 e. The number of rotatable bonds is 6. The van der Waals surface area contributed by atoms with Crippen molar-refractivity contribution in [2.75, 3.05) is 47.8 Å². The summed E-state index contributed by atoms with van der Waals surface area (Å²) in [7, 11) is 0. The molecule has 2 aromatic rings. The second-order valence-electron chi connectivity index (χ2n) is 11.6. The summed E-state index contributed by atoms with van der Waals surface area (Å²) in [5.74, 6) is 3.92. The molecule has 2 saturated heterocycles. The third kappa shape index (κ3) is 6.48. The van der Waals surface area contributed by atoms with E-state index >= 15 is 0 Å². The van der Waals surface area contributed by atoms with Gasteiger partial charge in [-0.25, -0.2) is 0 Å². The van der Waals surface area contributed by atoms with Crippen LogP contribution in [0.15, 0.2) is 30.3 Å². The predicted molar refractivity (Wildman–Crippen MR) is 159 cm³/mol. The van der Waals surface area contributed by atoms with E-state index in [0.29, 0.717) is 22.9 Å². The number of thiocarbonyl (C=S) groups is 1. The van der Waals surface area contributed by atoms with Gasteiger partial charge in [0.1, 0.15) is 11.6 Å². The molecule has 37 heavy (non-hydrogen) atoms. The number of nitrogens with one attached hydrogen (secondary N) is 2. The van der Waals surface area contributed by atoms with E-state index in [4.69, 9.17) is 33.8 Å². The summed E-state index contributed by atoms with van der Waals surface area (Å²) >= 11 is 11.9. The third-order valence-corrected chi connectivity index (χ3v) is 8.90. The minimum atomic E-state index is 0.0814. The Morgan fingerprint density at radius 1 is 0.946 bits per heavy atom. The molecule has 0 amide bonds. The fourth-order valence-corrected chi connectivity index (χ4v) is 6.88. The molecular weight excluding hydrogens is 500 g/mol. The van der Waals surface area contributed by atoms with Crippen LogP contribution in [-0.2, 0) is 5.41 Å². The Morgan fingerprint density at radius 3 is 2.22 bits per heavy atom. The molecule has 3 heterocycles. The van der Waals surface area contributed by atoms with Gasteiger partial charge in [-0.1, -0.05) is 50.4 Å². The maximum Gasteiger partial charge on any atom is 0.232 e. The molecule has 3 fully saturated rings. The number of benzene rings is 1. The van der Waals surface area contributed by atoms with Gasteiger partial charge in [-0.3, -0.25) is 0 Å². The molecule has 1 saturated carbocycles. The average molecular weight is 541 g/mol. The highest BCUT2D eigenvalue weighted by Crippen LogP contribution is 2.41. The van der Waals surface area contributed by atoms with Crippen molar-refractivity contribution in [2.24, 2.45) is 11.8 Å². The molecule has 200 valence electrons. The van der Waals surface area contributed by atoms with Gasteiger partial charge in [0.15, 0.2) is 5.11 Å². The highest BCUT2D eigenvalue weighted by atomic mass is 35.5. The van der Waals surface area contributed by atoms with Crippen LogP contribution < -0.4 is 20.4 Å². The number of aromatic nitrogens is 2. The summed E-state index contributed by atoms with van der Waals surface area (Å²) in [6.07, 6.45) is 9.78. The van der Waals surface area contributed by atoms with E-state index in [0.717, 1.165) is 62.2 Å². The van der Waals surface area contributed by atoms with Crippen LogP contribution in [0.2, 0.25) is 5.02 Å². The van der Waals surface area contributed by atoms with E-state index in [9.17, 15) is 0 Å². The Hall–Kier alpha value is -2.12. The van der Waals surface area contributed by atoms with Crippen molar-refractivity contribution in [3.63, 3.8) is 0 Å². The van der Waals surface area contributed by atoms with Gasteiger partial charge in [-0.05, 0) is 80.3 Å². The number of hydrogen-bond acceptors (Lipinski definition) is 5. The smallest absolute Gasteiger partial charge is 0.232 e. The van der Waals surface area contributed by atoms with Crippen LogP contribution in [0.4, 0.5) is 17.6 Å². The van der Waals surface area contributed by atoms with Gasteiger partial charge in [-0.2, -0.15) is 9.97 Å². The minimum Gasteiger partial charge on any atom is -0.361 e. The van der Waals surface area contributed by atoms with E-state index in [1.807, 2.05) is 12.1 Å². The molecular formula is C29H41ClN6S. The lowest BCUT2D eigenvalue weighted by Gasteiger charge is -2.36. The number of piperidine rings is 2. The maximum absolute atomic E-state index is 6.17. The number of nitrogens with zero attached hydrogens (tertiary/aromatic N) is 4. The molecule has 3 aliphatic rings. The van der Waals surface area contributed by atoms with Crippen molar-refractivity contribution in [3.05, 3.63) is 40.9 Å². The number of hydrogen-bond donors (Lipinski definition) is 2. The summed E-state index contributed by atoms with van der Waals surface area (Å²) in [5.41, 5.74) is 1.42. The van der Waals surface area contributed by atoms with E-state index in [2.05, 4.69) is 52.5 Å². The molecule has 0 spiro atoms. The zero-order valence-electron chi connectivity index (χ0n) is 22.3. The van der Waals surface area contributed by atoms with Crippen molar-refractivity contribution in [1.82, 2.24) is 15.3 Å². The average Bonchev–Trinajstić information content (AvgIpc) is 3.38. The van der Waals surface area contributed by atoms with Crippen LogP contribution in [0, 0.1) is 11.8 Å². The Balaban J connectivity index is 1.32. The monoisotopic (exact) mass is 540 g/mol. The quantitative estimate of drug-likeness (QED) is 0.411. The molecule has 1 aromatic carbocycles. The Kier molecular flexibility index (Phi) is 8.40. The summed E-state index contributed by atoms with van der Waals surface area (Å²) in [4.78, 5) is 14.7. The Bertz CT molecular complexity index is 1050. The number of anilines is 3. The Morgan fingerprint density at radius 2 is 1.57 bits per heavy atom. The molecule has 1 aliphatic carbocycles. The third-order valence-electron chi connectivity index (χ3n) is 8.40. The molecule has 0 bridgehead atoms. The van der Waals surface area contributed by atoms with Gasteiger partial charge < -0.3 is 20.4 Å². The lowest BCUT2D eigenvalue weighted by molar-refractivity contribution is 0.355. The van der Waals surface area contributed by atoms with Crippen molar-refractivity contribution in [2.45, 2.75) is 70.6 Å². The van der Waals surface area contributed by atoms with Crippen molar-refractivity contribution in [3.8, 4) is 0 Å². The molecule has 2 N–H and O–H groups in total. The second kappa shape index (κ2) is 11.7. The van der Waals surface area contributed by atoms with Gasteiger partial charge in [0.25, 0.3) is 0 Å². The van der Waals surface area contributed by atoms with Gasteiger partial charge in [0, 0.05) is 49.2 Å². The summed E-state index contributed by atoms with van der Waals surface area (Å²) in [6, 6.07) is 10.5. The normalized spacial score (nSPS) is 23.6. The van der Waals surface area contributed by atoms with E-state index < -0.39 is 0 Å². The first kappa shape index (κ1) is 26.5. The van der Waals surface area contributed by atoms with E-state index in [1.54, 1.807) is 0 Å². The highest BCUT2D eigenvalue weighted by molar-refractivity contribution is 7.80.